The van der Waals surface area contributed by atoms with Crippen LogP contribution in [0.25, 0.3) is 0 Å². The molecule has 1 aromatic heterocycles. The van der Waals surface area contributed by atoms with Gasteiger partial charge in [-0.3, -0.25) is 4.99 Å². The first-order valence-electron chi connectivity index (χ1n) is 4.50. The molecule has 0 N–H and O–H groups in total. The predicted octanol–water partition coefficient (Wildman–Crippen LogP) is 3.77. The van der Waals surface area contributed by atoms with Crippen LogP contribution in [0, 0.1) is 0 Å². The third-order valence-corrected chi connectivity index (χ3v) is 1.68. The van der Waals surface area contributed by atoms with Crippen molar-refractivity contribution in [3.63, 3.8) is 0 Å². The summed E-state index contributed by atoms with van der Waals surface area (Å²) < 4.78 is 0. The molecule has 2 aromatic rings. The van der Waals surface area contributed by atoms with E-state index in [2.05, 4.69) is 9.98 Å². The molecule has 0 aliphatic carbocycles. The van der Waals surface area contributed by atoms with Crippen LogP contribution < -0.4 is 4.98 Å². The fourth-order valence-electron chi connectivity index (χ4n) is 1.04. The molecule has 1 heterocycles. The third-order valence-electron chi connectivity index (χ3n) is 1.68. The summed E-state index contributed by atoms with van der Waals surface area (Å²) in [4.78, 5) is 8.34. The SMILES string of the molecule is C(=Nc1ccccc1)c1ccc[n-]1.[Cl][Zr][Cl]. The van der Waals surface area contributed by atoms with E-state index in [1.807, 2.05) is 42.5 Å². The Bertz CT molecular complexity index is 401. The van der Waals surface area contributed by atoms with Crippen molar-refractivity contribution in [3.05, 3.63) is 54.4 Å². The van der Waals surface area contributed by atoms with Gasteiger partial charge < -0.3 is 4.98 Å². The van der Waals surface area contributed by atoms with Gasteiger partial charge in [0.2, 0.25) is 0 Å². The molecular weight excluding hydrogens is 322 g/mol. The van der Waals surface area contributed by atoms with Gasteiger partial charge in [0.25, 0.3) is 0 Å². The minimum atomic E-state index is -0.826. The van der Waals surface area contributed by atoms with E-state index in [9.17, 15) is 0 Å². The molecule has 0 atom stereocenters. The van der Waals surface area contributed by atoms with E-state index in [1.165, 1.54) is 0 Å². The van der Waals surface area contributed by atoms with Crippen LogP contribution in [0.4, 0.5) is 5.69 Å². The van der Waals surface area contributed by atoms with Gasteiger partial charge in [0.05, 0.1) is 5.69 Å². The molecule has 0 saturated carbocycles. The molecule has 0 fully saturated rings. The molecule has 0 saturated heterocycles. The number of benzene rings is 1. The Morgan fingerprint density at radius 1 is 1.06 bits per heavy atom. The Hall–Kier alpha value is -0.367. The summed E-state index contributed by atoms with van der Waals surface area (Å²) in [5.74, 6) is 0. The van der Waals surface area contributed by atoms with Gasteiger partial charge in [0, 0.05) is 6.21 Å². The van der Waals surface area contributed by atoms with Crippen molar-refractivity contribution >= 4 is 28.9 Å². The van der Waals surface area contributed by atoms with Crippen LogP contribution in [-0.2, 0) is 20.8 Å². The van der Waals surface area contributed by atoms with Crippen molar-refractivity contribution in [2.75, 3.05) is 0 Å². The van der Waals surface area contributed by atoms with Crippen molar-refractivity contribution in [3.8, 4) is 0 Å². The molecule has 0 amide bonds. The molecule has 5 heteroatoms. The second-order valence-electron chi connectivity index (χ2n) is 2.73. The van der Waals surface area contributed by atoms with Gasteiger partial charge in [-0.2, -0.15) is 6.20 Å². The number of para-hydroxylation sites is 1. The molecule has 0 unspecified atom stereocenters. The standard InChI is InChI=1S/C11H9N2.2ClH.Zr/c1-2-5-10(6-3-1)13-9-11-7-4-8-12-11;;;/h1-9H;2*1H;/q-1;;;+2/p-2. The molecule has 0 aliphatic rings. The van der Waals surface area contributed by atoms with Gasteiger partial charge in [-0.05, 0) is 12.1 Å². The molecule has 82 valence electrons. The zero-order chi connectivity index (χ0) is 11.6. The zero-order valence-electron chi connectivity index (χ0n) is 8.35. The summed E-state index contributed by atoms with van der Waals surface area (Å²) in [5.41, 5.74) is 1.84. The Morgan fingerprint density at radius 3 is 2.31 bits per heavy atom. The Balaban J connectivity index is 0.000000386. The topological polar surface area (TPSA) is 26.5 Å². The van der Waals surface area contributed by atoms with Gasteiger partial charge in [-0.1, -0.05) is 30.3 Å². The number of nitrogens with zero attached hydrogens (tertiary/aromatic N) is 2. The van der Waals surface area contributed by atoms with E-state index in [-0.39, 0.29) is 0 Å². The summed E-state index contributed by atoms with van der Waals surface area (Å²) in [7, 11) is 9.87. The van der Waals surface area contributed by atoms with E-state index in [1.54, 1.807) is 12.4 Å². The summed E-state index contributed by atoms with van der Waals surface area (Å²) in [6.07, 6.45) is 3.52. The number of rotatable bonds is 2. The van der Waals surface area contributed by atoms with Crippen LogP contribution in [0.1, 0.15) is 5.69 Å². The average molecular weight is 331 g/mol. The molecule has 0 spiro atoms. The zero-order valence-corrected chi connectivity index (χ0v) is 12.3. The number of aliphatic imine (C=N–C) groups is 1. The van der Waals surface area contributed by atoms with Crippen LogP contribution in [0.2, 0.25) is 0 Å². The summed E-state index contributed by atoms with van der Waals surface area (Å²) >= 11 is -0.826. The molecular formula is C11H9Cl2N2Zr-. The Kier molecular flexibility index (Phi) is 7.49. The predicted molar refractivity (Wildman–Crippen MR) is 65.2 cm³/mol. The van der Waals surface area contributed by atoms with Crippen molar-refractivity contribution in [1.29, 1.82) is 0 Å². The van der Waals surface area contributed by atoms with Crippen molar-refractivity contribution in [2.24, 2.45) is 4.99 Å². The van der Waals surface area contributed by atoms with E-state index in [0.29, 0.717) is 0 Å². The maximum atomic E-state index is 4.93. The Morgan fingerprint density at radius 2 is 1.75 bits per heavy atom. The third kappa shape index (κ3) is 5.64. The molecule has 0 aliphatic heterocycles. The maximum absolute atomic E-state index is 4.93. The second kappa shape index (κ2) is 8.75. The number of hydrogen-bond donors (Lipinski definition) is 0. The Labute approximate surface area is 113 Å². The molecule has 1 aromatic carbocycles. The molecule has 0 bridgehead atoms. The molecule has 2 rings (SSSR count). The monoisotopic (exact) mass is 329 g/mol. The van der Waals surface area contributed by atoms with Crippen LogP contribution in [-0.4, -0.2) is 6.21 Å². The average Bonchev–Trinajstić information content (AvgIpc) is 2.82. The fourth-order valence-corrected chi connectivity index (χ4v) is 1.04. The first-order valence-corrected chi connectivity index (χ1v) is 10.8. The van der Waals surface area contributed by atoms with Crippen LogP contribution in [0.3, 0.4) is 0 Å². The van der Waals surface area contributed by atoms with Gasteiger partial charge in [0.1, 0.15) is 0 Å². The van der Waals surface area contributed by atoms with Gasteiger partial charge >= 0.3 is 37.9 Å². The summed E-state index contributed by atoms with van der Waals surface area (Å²) in [5, 5.41) is 0. The molecule has 0 radical (unpaired) electrons. The number of aromatic nitrogens is 1. The summed E-state index contributed by atoms with van der Waals surface area (Å²) in [6, 6.07) is 13.6. The fraction of sp³-hybridized carbons (Fsp3) is 0. The summed E-state index contributed by atoms with van der Waals surface area (Å²) in [6.45, 7) is 0. The second-order valence-corrected chi connectivity index (χ2v) is 6.46. The van der Waals surface area contributed by atoms with Crippen molar-refractivity contribution < 1.29 is 20.8 Å². The first kappa shape index (κ1) is 13.7. The van der Waals surface area contributed by atoms with E-state index in [4.69, 9.17) is 17.0 Å². The van der Waals surface area contributed by atoms with Gasteiger partial charge in [0.15, 0.2) is 0 Å². The van der Waals surface area contributed by atoms with Gasteiger partial charge in [-0.15, -0.1) is 5.69 Å². The van der Waals surface area contributed by atoms with E-state index >= 15 is 0 Å². The number of hydrogen-bond acceptors (Lipinski definition) is 1. The quantitative estimate of drug-likeness (QED) is 0.770. The van der Waals surface area contributed by atoms with Crippen molar-refractivity contribution in [2.45, 2.75) is 0 Å². The van der Waals surface area contributed by atoms with Crippen LogP contribution in [0.5, 0.6) is 0 Å². The van der Waals surface area contributed by atoms with Crippen molar-refractivity contribution in [1.82, 2.24) is 4.98 Å². The molecule has 16 heavy (non-hydrogen) atoms. The van der Waals surface area contributed by atoms with Gasteiger partial charge in [-0.25, -0.2) is 0 Å². The van der Waals surface area contributed by atoms with Crippen LogP contribution in [0.15, 0.2) is 53.7 Å². The van der Waals surface area contributed by atoms with Crippen LogP contribution >= 0.6 is 17.0 Å². The molecule has 2 nitrogen and oxygen atoms in total. The normalized spacial score (nSPS) is 9.62. The first-order chi connectivity index (χ1) is 7.86. The van der Waals surface area contributed by atoms with E-state index in [0.717, 1.165) is 11.4 Å². The number of halogens is 2. The minimum absolute atomic E-state index is 0.826. The van der Waals surface area contributed by atoms with E-state index < -0.39 is 20.8 Å².